The van der Waals surface area contributed by atoms with Crippen LogP contribution in [0, 0.1) is 5.92 Å². The maximum absolute atomic E-state index is 12.3. The summed E-state index contributed by atoms with van der Waals surface area (Å²) in [6.45, 7) is 1.93. The van der Waals surface area contributed by atoms with E-state index in [1.54, 1.807) is 19.2 Å². The van der Waals surface area contributed by atoms with Crippen molar-refractivity contribution in [2.75, 3.05) is 26.8 Å². The van der Waals surface area contributed by atoms with Crippen LogP contribution in [0.15, 0.2) is 35.0 Å². The molecule has 0 saturated carbocycles. The van der Waals surface area contributed by atoms with Crippen LogP contribution in [-0.2, 0) is 4.74 Å². The Labute approximate surface area is 114 Å². The topological polar surface area (TPSA) is 42.7 Å². The van der Waals surface area contributed by atoms with Crippen molar-refractivity contribution in [3.63, 3.8) is 0 Å². The zero-order chi connectivity index (χ0) is 13.5. The van der Waals surface area contributed by atoms with Crippen molar-refractivity contribution < 1.29 is 13.9 Å². The molecule has 0 radical (unpaired) electrons. The lowest BCUT2D eigenvalue weighted by Gasteiger charge is -2.27. The number of carbonyl (C=O) groups excluding carboxylic acids is 1. The van der Waals surface area contributed by atoms with Crippen LogP contribution in [-0.4, -0.2) is 37.6 Å². The van der Waals surface area contributed by atoms with Crippen molar-refractivity contribution in [3.05, 3.63) is 36.3 Å². The van der Waals surface area contributed by atoms with Crippen LogP contribution >= 0.6 is 0 Å². The molecule has 0 fully saturated rings. The van der Waals surface area contributed by atoms with Crippen molar-refractivity contribution in [2.24, 2.45) is 5.92 Å². The zero-order valence-electron chi connectivity index (χ0n) is 11.4. The predicted octanol–water partition coefficient (Wildman–Crippen LogP) is 2.72. The number of hydrogen-bond donors (Lipinski definition) is 0. The van der Waals surface area contributed by atoms with Crippen LogP contribution in [0.25, 0.3) is 0 Å². The first kappa shape index (κ1) is 13.9. The van der Waals surface area contributed by atoms with E-state index in [1.165, 1.54) is 6.26 Å². The first-order chi connectivity index (χ1) is 9.31. The number of rotatable bonds is 6. The van der Waals surface area contributed by atoms with Gasteiger partial charge in [0.25, 0.3) is 5.91 Å². The molecule has 104 valence electrons. The molecule has 2 rings (SSSR count). The van der Waals surface area contributed by atoms with Gasteiger partial charge in [0.15, 0.2) is 5.76 Å². The number of amides is 1. The molecule has 0 saturated heterocycles. The standard InChI is InChI=1S/C15H21NO3/c1-18-11-9-16(12-13-6-3-2-4-7-13)15(17)14-8-5-10-19-14/h2-3,5,8,10,13H,4,6-7,9,11-12H2,1H3/t13-/m0/s1. The summed E-state index contributed by atoms with van der Waals surface area (Å²) in [4.78, 5) is 14.2. The van der Waals surface area contributed by atoms with E-state index < -0.39 is 0 Å². The highest BCUT2D eigenvalue weighted by atomic mass is 16.5. The average Bonchev–Trinajstić information content (AvgIpc) is 2.98. The monoisotopic (exact) mass is 263 g/mol. The van der Waals surface area contributed by atoms with Gasteiger partial charge in [0.05, 0.1) is 12.9 Å². The van der Waals surface area contributed by atoms with Crippen molar-refractivity contribution in [3.8, 4) is 0 Å². The lowest BCUT2D eigenvalue weighted by Crippen LogP contribution is -2.37. The van der Waals surface area contributed by atoms with Gasteiger partial charge in [0.1, 0.15) is 0 Å². The fraction of sp³-hybridized carbons (Fsp3) is 0.533. The lowest BCUT2D eigenvalue weighted by atomic mass is 9.94. The zero-order valence-corrected chi connectivity index (χ0v) is 11.4. The summed E-state index contributed by atoms with van der Waals surface area (Å²) in [5, 5.41) is 0. The fourth-order valence-electron chi connectivity index (χ4n) is 2.37. The largest absolute Gasteiger partial charge is 0.459 e. The molecule has 1 atom stereocenters. The molecule has 0 spiro atoms. The molecule has 1 aliphatic carbocycles. The number of furan rings is 1. The summed E-state index contributed by atoms with van der Waals surface area (Å²) in [6, 6.07) is 3.45. The number of carbonyl (C=O) groups is 1. The molecule has 1 aromatic heterocycles. The van der Waals surface area contributed by atoms with Crippen molar-refractivity contribution in [2.45, 2.75) is 19.3 Å². The van der Waals surface area contributed by atoms with E-state index in [1.807, 2.05) is 4.90 Å². The van der Waals surface area contributed by atoms with E-state index in [0.29, 0.717) is 24.8 Å². The normalized spacial score (nSPS) is 18.5. The van der Waals surface area contributed by atoms with Gasteiger partial charge >= 0.3 is 0 Å². The summed E-state index contributed by atoms with van der Waals surface area (Å²) in [5.74, 6) is 0.903. The van der Waals surface area contributed by atoms with E-state index >= 15 is 0 Å². The minimum absolute atomic E-state index is 0.0448. The highest BCUT2D eigenvalue weighted by Crippen LogP contribution is 2.20. The highest BCUT2D eigenvalue weighted by molar-refractivity contribution is 5.91. The van der Waals surface area contributed by atoms with Gasteiger partial charge in [-0.3, -0.25) is 4.79 Å². The molecule has 0 aromatic carbocycles. The Balaban J connectivity index is 1.98. The van der Waals surface area contributed by atoms with Crippen molar-refractivity contribution in [1.29, 1.82) is 0 Å². The van der Waals surface area contributed by atoms with Gasteiger partial charge < -0.3 is 14.1 Å². The van der Waals surface area contributed by atoms with Crippen LogP contribution in [0.1, 0.15) is 29.8 Å². The Morgan fingerprint density at radius 3 is 3.05 bits per heavy atom. The third-order valence-corrected chi connectivity index (χ3v) is 3.44. The third kappa shape index (κ3) is 3.96. The molecule has 0 bridgehead atoms. The van der Waals surface area contributed by atoms with Crippen LogP contribution in [0.5, 0.6) is 0 Å². The summed E-state index contributed by atoms with van der Waals surface area (Å²) in [7, 11) is 1.65. The first-order valence-electron chi connectivity index (χ1n) is 6.78. The van der Waals surface area contributed by atoms with Crippen LogP contribution < -0.4 is 0 Å². The highest BCUT2D eigenvalue weighted by Gasteiger charge is 2.22. The smallest absolute Gasteiger partial charge is 0.289 e. The number of ether oxygens (including phenoxy) is 1. The van der Waals surface area contributed by atoms with Crippen LogP contribution in [0.4, 0.5) is 0 Å². The summed E-state index contributed by atoms with van der Waals surface area (Å²) < 4.78 is 10.3. The van der Waals surface area contributed by atoms with Gasteiger partial charge in [-0.15, -0.1) is 0 Å². The minimum Gasteiger partial charge on any atom is -0.459 e. The molecule has 1 aromatic rings. The van der Waals surface area contributed by atoms with Crippen molar-refractivity contribution in [1.82, 2.24) is 4.90 Å². The SMILES string of the molecule is COCCN(C[C@H]1CC=CCC1)C(=O)c1ccco1. The van der Waals surface area contributed by atoms with E-state index in [4.69, 9.17) is 9.15 Å². The molecular formula is C15H21NO3. The lowest BCUT2D eigenvalue weighted by molar-refractivity contribution is 0.0627. The molecule has 19 heavy (non-hydrogen) atoms. The molecular weight excluding hydrogens is 242 g/mol. The Kier molecular flexibility index (Phi) is 5.21. The van der Waals surface area contributed by atoms with Gasteiger partial charge in [0, 0.05) is 20.2 Å². The Hall–Kier alpha value is -1.55. The molecule has 0 unspecified atom stereocenters. The third-order valence-electron chi connectivity index (χ3n) is 3.44. The maximum Gasteiger partial charge on any atom is 0.289 e. The van der Waals surface area contributed by atoms with Gasteiger partial charge in [-0.1, -0.05) is 12.2 Å². The fourth-order valence-corrected chi connectivity index (χ4v) is 2.37. The maximum atomic E-state index is 12.3. The Morgan fingerprint density at radius 2 is 2.42 bits per heavy atom. The summed E-state index contributed by atoms with van der Waals surface area (Å²) in [6.07, 6.45) is 9.26. The van der Waals surface area contributed by atoms with Gasteiger partial charge in [-0.05, 0) is 37.3 Å². The molecule has 0 aliphatic heterocycles. The molecule has 1 aliphatic rings. The van der Waals surface area contributed by atoms with Crippen molar-refractivity contribution >= 4 is 5.91 Å². The van der Waals surface area contributed by atoms with E-state index in [9.17, 15) is 4.79 Å². The summed E-state index contributed by atoms with van der Waals surface area (Å²) >= 11 is 0. The Bertz CT molecular complexity index is 411. The molecule has 1 heterocycles. The second-order valence-corrected chi connectivity index (χ2v) is 4.87. The predicted molar refractivity (Wildman–Crippen MR) is 73.0 cm³/mol. The van der Waals surface area contributed by atoms with E-state index in [2.05, 4.69) is 12.2 Å². The molecule has 1 amide bonds. The number of allylic oxidation sites excluding steroid dienone is 2. The second kappa shape index (κ2) is 7.14. The van der Waals surface area contributed by atoms with Gasteiger partial charge in [0.2, 0.25) is 0 Å². The Morgan fingerprint density at radius 1 is 1.53 bits per heavy atom. The van der Waals surface area contributed by atoms with Crippen LogP contribution in [0.3, 0.4) is 0 Å². The summed E-state index contributed by atoms with van der Waals surface area (Å²) in [5.41, 5.74) is 0. The molecule has 0 N–H and O–H groups in total. The quantitative estimate of drug-likeness (QED) is 0.741. The number of methoxy groups -OCH3 is 1. The van der Waals surface area contributed by atoms with Crippen LogP contribution in [0.2, 0.25) is 0 Å². The van der Waals surface area contributed by atoms with Gasteiger partial charge in [-0.25, -0.2) is 0 Å². The van der Waals surface area contributed by atoms with Gasteiger partial charge in [-0.2, -0.15) is 0 Å². The van der Waals surface area contributed by atoms with E-state index in [0.717, 1.165) is 25.8 Å². The average molecular weight is 263 g/mol. The minimum atomic E-state index is -0.0448. The molecule has 4 heteroatoms. The first-order valence-corrected chi connectivity index (χ1v) is 6.78. The molecule has 4 nitrogen and oxygen atoms in total. The number of hydrogen-bond acceptors (Lipinski definition) is 3. The second-order valence-electron chi connectivity index (χ2n) is 4.87. The number of nitrogens with zero attached hydrogens (tertiary/aromatic N) is 1. The van der Waals surface area contributed by atoms with E-state index in [-0.39, 0.29) is 5.91 Å².